The second-order valence-electron chi connectivity index (χ2n) is 7.61. The molecule has 0 spiro atoms. The van der Waals surface area contributed by atoms with E-state index in [2.05, 4.69) is 83.3 Å². The molecule has 4 heteroatoms. The number of benzene rings is 2. The summed E-state index contributed by atoms with van der Waals surface area (Å²) in [6.45, 7) is 13.1. The molecule has 3 aromatic rings. The maximum Gasteiger partial charge on any atom is 0.336 e. The summed E-state index contributed by atoms with van der Waals surface area (Å²) in [4.78, 5) is 0. The minimum atomic E-state index is -1.26. The molecule has 0 aliphatic heterocycles. The normalized spacial score (nSPS) is 11.2. The van der Waals surface area contributed by atoms with E-state index in [-0.39, 0.29) is 0 Å². The van der Waals surface area contributed by atoms with Crippen molar-refractivity contribution in [3.63, 3.8) is 0 Å². The summed E-state index contributed by atoms with van der Waals surface area (Å²) in [5, 5.41) is 2.10. The molecule has 0 amide bonds. The van der Waals surface area contributed by atoms with E-state index in [0.717, 1.165) is 41.8 Å². The van der Waals surface area contributed by atoms with Crippen LogP contribution in [0.5, 0.6) is 11.5 Å². The van der Waals surface area contributed by atoms with Crippen molar-refractivity contribution < 1.29 is 9.05 Å². The molecule has 0 saturated heterocycles. The zero-order valence-corrected chi connectivity index (χ0v) is 20.8. The van der Waals surface area contributed by atoms with Crippen molar-refractivity contribution in [2.45, 2.75) is 67.2 Å². The summed E-state index contributed by atoms with van der Waals surface area (Å²) in [6.07, 6.45) is 3.96. The zero-order chi connectivity index (χ0) is 21.7. The Labute approximate surface area is 187 Å². The van der Waals surface area contributed by atoms with Crippen molar-refractivity contribution in [1.82, 2.24) is 0 Å². The highest BCUT2D eigenvalue weighted by molar-refractivity contribution is 7.64. The molecule has 0 atom stereocenters. The van der Waals surface area contributed by atoms with E-state index in [9.17, 15) is 0 Å². The SMILES string of the molecule is CCc1cc(C)c(OP(Oc2c(C)cc(CC)cc2CC)c2cccs2)c(CC)c1. The molecular weight excluding hydrogens is 407 g/mol. The van der Waals surface area contributed by atoms with E-state index in [1.165, 1.54) is 33.4 Å². The van der Waals surface area contributed by atoms with Gasteiger partial charge in [-0.3, -0.25) is 0 Å². The number of aryl methyl sites for hydroxylation is 6. The first-order valence-corrected chi connectivity index (χ1v) is 13.0. The highest BCUT2D eigenvalue weighted by atomic mass is 32.1. The van der Waals surface area contributed by atoms with Crippen molar-refractivity contribution in [2.75, 3.05) is 0 Å². The number of rotatable bonds is 9. The lowest BCUT2D eigenvalue weighted by Crippen LogP contribution is -2.10. The monoisotopic (exact) mass is 440 g/mol. The Balaban J connectivity index is 2.01. The van der Waals surface area contributed by atoms with E-state index < -0.39 is 8.38 Å². The highest BCUT2D eigenvalue weighted by Crippen LogP contribution is 2.45. The molecule has 3 rings (SSSR count). The molecule has 2 aromatic carbocycles. The van der Waals surface area contributed by atoms with Gasteiger partial charge in [0.15, 0.2) is 0 Å². The highest BCUT2D eigenvalue weighted by Gasteiger charge is 2.24. The minimum Gasteiger partial charge on any atom is -0.434 e. The molecule has 1 aromatic heterocycles. The van der Waals surface area contributed by atoms with Crippen LogP contribution in [0.2, 0.25) is 0 Å². The van der Waals surface area contributed by atoms with Crippen LogP contribution in [0.1, 0.15) is 61.1 Å². The van der Waals surface area contributed by atoms with Crippen molar-refractivity contribution in [2.24, 2.45) is 0 Å². The first-order chi connectivity index (χ1) is 14.5. The fourth-order valence-corrected chi connectivity index (χ4v) is 6.18. The van der Waals surface area contributed by atoms with Gasteiger partial charge in [-0.05, 0) is 84.4 Å². The maximum absolute atomic E-state index is 6.68. The lowest BCUT2D eigenvalue weighted by molar-refractivity contribution is 0.491. The largest absolute Gasteiger partial charge is 0.434 e. The number of thiophene rings is 1. The lowest BCUT2D eigenvalue weighted by atomic mass is 10.0. The van der Waals surface area contributed by atoms with Crippen LogP contribution in [0.4, 0.5) is 0 Å². The molecular formula is C26H33O2PS. The standard InChI is InChI=1S/C26H33O2PS/c1-7-20-14-18(5)25(22(9-3)16-20)27-29(24-12-11-13-30-24)28-26-19(6)15-21(8-2)17-23(26)10-4/h11-17H,7-10H2,1-6H3. The lowest BCUT2D eigenvalue weighted by Gasteiger charge is -2.23. The van der Waals surface area contributed by atoms with Crippen molar-refractivity contribution >= 4 is 24.3 Å². The molecule has 30 heavy (non-hydrogen) atoms. The molecule has 0 radical (unpaired) electrons. The van der Waals surface area contributed by atoms with E-state index in [1.807, 2.05) is 0 Å². The van der Waals surface area contributed by atoms with Crippen LogP contribution in [0.15, 0.2) is 41.8 Å². The molecule has 0 fully saturated rings. The topological polar surface area (TPSA) is 18.5 Å². The fourth-order valence-electron chi connectivity index (χ4n) is 3.70. The third-order valence-corrected chi connectivity index (χ3v) is 8.08. The maximum atomic E-state index is 6.68. The summed E-state index contributed by atoms with van der Waals surface area (Å²) >= 11 is 1.70. The average molecular weight is 441 g/mol. The van der Waals surface area contributed by atoms with E-state index >= 15 is 0 Å². The second kappa shape index (κ2) is 10.5. The average Bonchev–Trinajstić information content (AvgIpc) is 3.29. The Morgan fingerprint density at radius 2 is 1.23 bits per heavy atom. The summed E-state index contributed by atoms with van der Waals surface area (Å²) in [7, 11) is -1.26. The summed E-state index contributed by atoms with van der Waals surface area (Å²) in [6, 6.07) is 13.2. The molecule has 0 bridgehead atoms. The van der Waals surface area contributed by atoms with Gasteiger partial charge in [-0.1, -0.05) is 58.0 Å². The number of hydrogen-bond acceptors (Lipinski definition) is 3. The van der Waals surface area contributed by atoms with E-state index in [1.54, 1.807) is 11.3 Å². The van der Waals surface area contributed by atoms with Crippen LogP contribution in [0.25, 0.3) is 0 Å². The second-order valence-corrected chi connectivity index (χ2v) is 10.2. The van der Waals surface area contributed by atoms with Gasteiger partial charge in [0, 0.05) is 0 Å². The summed E-state index contributed by atoms with van der Waals surface area (Å²) < 4.78 is 14.5. The zero-order valence-electron chi connectivity index (χ0n) is 19.0. The summed E-state index contributed by atoms with van der Waals surface area (Å²) in [5.41, 5.74) is 7.61. The smallest absolute Gasteiger partial charge is 0.336 e. The van der Waals surface area contributed by atoms with E-state index in [4.69, 9.17) is 9.05 Å². The third-order valence-electron chi connectivity index (χ3n) is 5.44. The first-order valence-electron chi connectivity index (χ1n) is 10.9. The van der Waals surface area contributed by atoms with Crippen LogP contribution in [-0.2, 0) is 25.7 Å². The Bertz CT molecular complexity index is 916. The Morgan fingerprint density at radius 1 is 0.733 bits per heavy atom. The van der Waals surface area contributed by atoms with Gasteiger partial charge < -0.3 is 9.05 Å². The molecule has 0 aliphatic rings. The molecule has 2 nitrogen and oxygen atoms in total. The van der Waals surface area contributed by atoms with Gasteiger partial charge >= 0.3 is 8.38 Å². The molecule has 0 saturated carbocycles. The fraction of sp³-hybridized carbons (Fsp3) is 0.385. The predicted octanol–water partition coefficient (Wildman–Crippen LogP) is 7.71. The van der Waals surface area contributed by atoms with Crippen molar-refractivity contribution in [3.05, 3.63) is 75.2 Å². The predicted molar refractivity (Wildman–Crippen MR) is 132 cm³/mol. The van der Waals surface area contributed by atoms with Gasteiger partial charge in [0.25, 0.3) is 0 Å². The van der Waals surface area contributed by atoms with Gasteiger partial charge in [0.1, 0.15) is 16.1 Å². The molecule has 160 valence electrons. The van der Waals surface area contributed by atoms with Crippen LogP contribution in [0, 0.1) is 13.8 Å². The minimum absolute atomic E-state index is 0.946. The molecule has 0 aliphatic carbocycles. The van der Waals surface area contributed by atoms with E-state index in [0.29, 0.717) is 0 Å². The molecule has 0 N–H and O–H groups in total. The quantitative estimate of drug-likeness (QED) is 0.317. The van der Waals surface area contributed by atoms with Crippen molar-refractivity contribution in [3.8, 4) is 11.5 Å². The van der Waals surface area contributed by atoms with Gasteiger partial charge in [0.2, 0.25) is 0 Å². The Kier molecular flexibility index (Phi) is 7.97. The van der Waals surface area contributed by atoms with Crippen LogP contribution in [-0.4, -0.2) is 0 Å². The molecule has 0 unspecified atom stereocenters. The molecule has 1 heterocycles. The Morgan fingerprint density at radius 3 is 1.60 bits per heavy atom. The summed E-state index contributed by atoms with van der Waals surface area (Å²) in [5.74, 6) is 1.96. The van der Waals surface area contributed by atoms with Gasteiger partial charge in [0.05, 0.1) is 0 Å². The number of hydrogen-bond donors (Lipinski definition) is 0. The Hall–Kier alpha value is -1.83. The first kappa shape index (κ1) is 22.8. The van der Waals surface area contributed by atoms with Gasteiger partial charge in [-0.2, -0.15) is 0 Å². The van der Waals surface area contributed by atoms with Crippen molar-refractivity contribution in [1.29, 1.82) is 0 Å². The van der Waals surface area contributed by atoms with Crippen LogP contribution in [0.3, 0.4) is 0 Å². The van der Waals surface area contributed by atoms with Crippen LogP contribution >= 0.6 is 19.7 Å². The third kappa shape index (κ3) is 5.07. The van der Waals surface area contributed by atoms with Gasteiger partial charge in [-0.15, -0.1) is 11.3 Å². The van der Waals surface area contributed by atoms with Crippen LogP contribution < -0.4 is 13.7 Å². The van der Waals surface area contributed by atoms with Gasteiger partial charge in [-0.25, -0.2) is 0 Å².